The van der Waals surface area contributed by atoms with Crippen molar-refractivity contribution in [2.24, 2.45) is 5.73 Å². The van der Waals surface area contributed by atoms with Crippen LogP contribution in [0.3, 0.4) is 0 Å². The van der Waals surface area contributed by atoms with Gasteiger partial charge in [-0.15, -0.1) is 0 Å². The van der Waals surface area contributed by atoms with Gasteiger partial charge in [0.1, 0.15) is 23.2 Å². The van der Waals surface area contributed by atoms with Crippen molar-refractivity contribution in [2.75, 3.05) is 20.3 Å². The number of ether oxygens (including phenoxy) is 2. The highest BCUT2D eigenvalue weighted by molar-refractivity contribution is 5.94. The average Bonchev–Trinajstić information content (AvgIpc) is 2.59. The largest absolute Gasteiger partial charge is 0.496 e. The van der Waals surface area contributed by atoms with Crippen molar-refractivity contribution in [1.29, 1.82) is 0 Å². The third-order valence-electron chi connectivity index (χ3n) is 3.86. The molecule has 1 atom stereocenters. The van der Waals surface area contributed by atoms with Crippen LogP contribution in [0.1, 0.15) is 29.6 Å². The van der Waals surface area contributed by atoms with E-state index in [4.69, 9.17) is 15.2 Å². The molecule has 2 N–H and O–H groups in total. The first-order valence-electron chi connectivity index (χ1n) is 7.53. The van der Waals surface area contributed by atoms with Crippen LogP contribution in [0.4, 0.5) is 4.39 Å². The van der Waals surface area contributed by atoms with Crippen molar-refractivity contribution in [2.45, 2.75) is 25.3 Å². The number of amides is 2. The molecule has 1 aliphatic rings. The van der Waals surface area contributed by atoms with E-state index in [-0.39, 0.29) is 11.3 Å². The maximum Gasteiger partial charge on any atom is 0.342 e. The molecule has 0 spiro atoms. The van der Waals surface area contributed by atoms with E-state index in [1.807, 2.05) is 0 Å². The van der Waals surface area contributed by atoms with Crippen molar-refractivity contribution in [1.82, 2.24) is 4.90 Å². The summed E-state index contributed by atoms with van der Waals surface area (Å²) in [7, 11) is 1.33. The van der Waals surface area contributed by atoms with Gasteiger partial charge in [0.25, 0.3) is 5.91 Å². The van der Waals surface area contributed by atoms with E-state index in [1.54, 1.807) is 0 Å². The van der Waals surface area contributed by atoms with Crippen molar-refractivity contribution >= 4 is 17.8 Å². The van der Waals surface area contributed by atoms with Crippen LogP contribution in [-0.2, 0) is 14.3 Å². The molecule has 1 aromatic rings. The Labute approximate surface area is 138 Å². The Bertz CT molecular complexity index is 649. The molecular formula is C16H19FN2O5. The Balaban J connectivity index is 2.02. The smallest absolute Gasteiger partial charge is 0.342 e. The summed E-state index contributed by atoms with van der Waals surface area (Å²) in [5, 5.41) is 0. The molecule has 0 saturated carbocycles. The van der Waals surface area contributed by atoms with Crippen LogP contribution in [0, 0.1) is 5.82 Å². The number of piperidine rings is 1. The summed E-state index contributed by atoms with van der Waals surface area (Å²) >= 11 is 0. The predicted molar refractivity (Wildman–Crippen MR) is 81.8 cm³/mol. The number of carbonyl (C=O) groups excluding carboxylic acids is 3. The minimum absolute atomic E-state index is 0.115. The number of hydrogen-bond donors (Lipinski definition) is 1. The summed E-state index contributed by atoms with van der Waals surface area (Å²) in [5.41, 5.74) is 5.18. The number of esters is 1. The second-order valence-corrected chi connectivity index (χ2v) is 5.42. The Hall–Kier alpha value is -2.64. The zero-order valence-electron chi connectivity index (χ0n) is 13.3. The fourth-order valence-electron chi connectivity index (χ4n) is 2.65. The highest BCUT2D eigenvalue weighted by atomic mass is 19.1. The number of carbonyl (C=O) groups is 3. The van der Waals surface area contributed by atoms with Crippen LogP contribution in [0.15, 0.2) is 18.2 Å². The SMILES string of the molecule is COc1ccc(F)cc1C(=O)OCC(=O)N1CCCCC1C(N)=O. The molecular weight excluding hydrogens is 319 g/mol. The minimum atomic E-state index is -0.882. The summed E-state index contributed by atoms with van der Waals surface area (Å²) in [6.45, 7) is -0.171. The van der Waals surface area contributed by atoms with Crippen LogP contribution >= 0.6 is 0 Å². The van der Waals surface area contributed by atoms with Gasteiger partial charge in [0.15, 0.2) is 6.61 Å². The molecule has 1 aliphatic heterocycles. The normalized spacial score (nSPS) is 17.2. The number of benzene rings is 1. The van der Waals surface area contributed by atoms with Gasteiger partial charge >= 0.3 is 5.97 Å². The fraction of sp³-hybridized carbons (Fsp3) is 0.438. The molecule has 0 aromatic heterocycles. The van der Waals surface area contributed by atoms with Crippen LogP contribution in [0.5, 0.6) is 5.75 Å². The molecule has 1 fully saturated rings. The van der Waals surface area contributed by atoms with Crippen LogP contribution < -0.4 is 10.5 Å². The lowest BCUT2D eigenvalue weighted by Gasteiger charge is -2.33. The van der Waals surface area contributed by atoms with Crippen molar-refractivity contribution < 1.29 is 28.2 Å². The lowest BCUT2D eigenvalue weighted by atomic mass is 10.0. The quantitative estimate of drug-likeness (QED) is 0.803. The molecule has 1 aromatic carbocycles. The molecule has 24 heavy (non-hydrogen) atoms. The number of nitrogens with two attached hydrogens (primary N) is 1. The second-order valence-electron chi connectivity index (χ2n) is 5.42. The summed E-state index contributed by atoms with van der Waals surface area (Å²) in [4.78, 5) is 37.0. The second kappa shape index (κ2) is 7.76. The van der Waals surface area contributed by atoms with Gasteiger partial charge in [-0.1, -0.05) is 0 Å². The lowest BCUT2D eigenvalue weighted by Crippen LogP contribution is -2.51. The van der Waals surface area contributed by atoms with Crippen molar-refractivity contribution in [3.05, 3.63) is 29.6 Å². The van der Waals surface area contributed by atoms with Gasteiger partial charge in [-0.2, -0.15) is 0 Å². The molecule has 130 valence electrons. The van der Waals surface area contributed by atoms with Crippen LogP contribution in [0.2, 0.25) is 0 Å². The molecule has 2 rings (SSSR count). The Morgan fingerprint density at radius 1 is 1.33 bits per heavy atom. The first kappa shape index (κ1) is 17.7. The fourth-order valence-corrected chi connectivity index (χ4v) is 2.65. The molecule has 1 heterocycles. The van der Waals surface area contributed by atoms with E-state index >= 15 is 0 Å². The number of rotatable bonds is 5. The minimum Gasteiger partial charge on any atom is -0.496 e. The third-order valence-corrected chi connectivity index (χ3v) is 3.86. The molecule has 1 saturated heterocycles. The van der Waals surface area contributed by atoms with Gasteiger partial charge in [0.2, 0.25) is 5.91 Å². The highest BCUT2D eigenvalue weighted by Crippen LogP contribution is 2.21. The van der Waals surface area contributed by atoms with Gasteiger partial charge in [-0.3, -0.25) is 9.59 Å². The number of likely N-dealkylation sites (tertiary alicyclic amines) is 1. The number of methoxy groups -OCH3 is 1. The average molecular weight is 338 g/mol. The predicted octanol–water partition coefficient (Wildman–Crippen LogP) is 0.857. The van der Waals surface area contributed by atoms with E-state index in [0.29, 0.717) is 13.0 Å². The summed E-state index contributed by atoms with van der Waals surface area (Å²) < 4.78 is 23.2. The molecule has 0 radical (unpaired) electrons. The van der Waals surface area contributed by atoms with E-state index in [2.05, 4.69) is 0 Å². The lowest BCUT2D eigenvalue weighted by molar-refractivity contribution is -0.143. The topological polar surface area (TPSA) is 98.9 Å². The summed E-state index contributed by atoms with van der Waals surface area (Å²) in [6.07, 6.45) is 2.05. The summed E-state index contributed by atoms with van der Waals surface area (Å²) in [6, 6.07) is 2.72. The summed E-state index contributed by atoms with van der Waals surface area (Å²) in [5.74, 6) is -2.46. The first-order valence-corrected chi connectivity index (χ1v) is 7.53. The third kappa shape index (κ3) is 4.01. The van der Waals surface area contributed by atoms with Gasteiger partial charge in [0, 0.05) is 6.54 Å². The molecule has 8 heteroatoms. The van der Waals surface area contributed by atoms with Gasteiger partial charge < -0.3 is 20.1 Å². The number of nitrogens with zero attached hydrogens (tertiary/aromatic N) is 1. The standard InChI is InChI=1S/C16H19FN2O5/c1-23-13-6-5-10(17)8-11(13)16(22)24-9-14(20)19-7-3-2-4-12(19)15(18)21/h5-6,8,12H,2-4,7,9H2,1H3,(H2,18,21). The van der Waals surface area contributed by atoms with E-state index in [9.17, 15) is 18.8 Å². The van der Waals surface area contributed by atoms with E-state index in [0.717, 1.165) is 25.0 Å². The van der Waals surface area contributed by atoms with Gasteiger partial charge in [-0.05, 0) is 37.5 Å². The number of hydrogen-bond acceptors (Lipinski definition) is 5. The molecule has 0 bridgehead atoms. The maximum absolute atomic E-state index is 13.3. The Kier molecular flexibility index (Phi) is 5.73. The first-order chi connectivity index (χ1) is 11.4. The molecule has 7 nitrogen and oxygen atoms in total. The zero-order chi connectivity index (χ0) is 17.7. The van der Waals surface area contributed by atoms with Crippen molar-refractivity contribution in [3.63, 3.8) is 0 Å². The highest BCUT2D eigenvalue weighted by Gasteiger charge is 2.31. The van der Waals surface area contributed by atoms with Gasteiger partial charge in [-0.25, -0.2) is 9.18 Å². The molecule has 2 amide bonds. The van der Waals surface area contributed by atoms with Crippen molar-refractivity contribution in [3.8, 4) is 5.75 Å². The zero-order valence-corrected chi connectivity index (χ0v) is 13.3. The maximum atomic E-state index is 13.3. The van der Waals surface area contributed by atoms with Crippen LogP contribution in [-0.4, -0.2) is 49.0 Å². The number of primary amides is 1. The van der Waals surface area contributed by atoms with E-state index < -0.39 is 36.2 Å². The van der Waals surface area contributed by atoms with Crippen LogP contribution in [0.25, 0.3) is 0 Å². The molecule has 0 aliphatic carbocycles. The molecule has 1 unspecified atom stereocenters. The van der Waals surface area contributed by atoms with E-state index in [1.165, 1.54) is 18.1 Å². The monoisotopic (exact) mass is 338 g/mol. The Morgan fingerprint density at radius 3 is 2.75 bits per heavy atom. The number of halogens is 1. The Morgan fingerprint density at radius 2 is 2.08 bits per heavy atom. The van der Waals surface area contributed by atoms with Gasteiger partial charge in [0.05, 0.1) is 7.11 Å².